The molecule has 5 aromatic carbocycles. The number of nitrogens with zero attached hydrogens (tertiary/aromatic N) is 2. The van der Waals surface area contributed by atoms with Crippen LogP contribution in [0.3, 0.4) is 0 Å². The number of fused-ring (bicyclic) bond motifs is 1. The molecule has 0 aliphatic carbocycles. The van der Waals surface area contributed by atoms with Gasteiger partial charge in [-0.1, -0.05) is 60.7 Å². The van der Waals surface area contributed by atoms with Crippen LogP contribution >= 0.6 is 0 Å². The van der Waals surface area contributed by atoms with Crippen LogP contribution in [-0.2, 0) is 6.61 Å². The molecule has 0 aromatic heterocycles. The number of nitrogens with one attached hydrogen (secondary N) is 2. The van der Waals surface area contributed by atoms with E-state index in [-0.39, 0.29) is 30.1 Å². The second-order valence-electron chi connectivity index (χ2n) is 13.7. The number of piperidine rings is 2. The summed E-state index contributed by atoms with van der Waals surface area (Å²) >= 11 is 0. The number of amides is 1. The summed E-state index contributed by atoms with van der Waals surface area (Å²) in [6.45, 7) is 3.30. The lowest BCUT2D eigenvalue weighted by Gasteiger charge is -2.39. The summed E-state index contributed by atoms with van der Waals surface area (Å²) in [5, 5.41) is 8.53. The maximum Gasteiger partial charge on any atom is 0.259 e. The van der Waals surface area contributed by atoms with Gasteiger partial charge in [-0.15, -0.1) is 0 Å². The van der Waals surface area contributed by atoms with Gasteiger partial charge in [-0.2, -0.15) is 0 Å². The van der Waals surface area contributed by atoms with Crippen LogP contribution in [-0.4, -0.2) is 56.3 Å². The quantitative estimate of drug-likeness (QED) is 0.125. The Balaban J connectivity index is 1.10. The minimum atomic E-state index is -0.243. The first-order chi connectivity index (χ1) is 24.3. The first-order valence-corrected chi connectivity index (χ1v) is 17.3. The second kappa shape index (κ2) is 14.8. The van der Waals surface area contributed by atoms with Gasteiger partial charge in [0.1, 0.15) is 12.4 Å². The Hall–Kier alpha value is -5.13. The standard InChI is InChI=1S/C40H46N8O2/c41-28-16-29(42)22-47(21-28)35-18-34(19-36(20-35)48-23-30(43)17-31(44)24-48)45-32-11-13-33(14-12-32)46-40(49)38-15-10-27-8-4-5-9-37(27)39(38)50-25-26-6-2-1-3-7-26/h1-15,18-20,28-31,45H,16-17,21-25,41-44H2,(H,46,49)/t28-,29-,30-,31+/m0/s1. The van der Waals surface area contributed by atoms with Crippen LogP contribution in [0.25, 0.3) is 10.8 Å². The Labute approximate surface area is 293 Å². The summed E-state index contributed by atoms with van der Waals surface area (Å²) in [6.07, 6.45) is 1.62. The zero-order chi connectivity index (χ0) is 34.6. The van der Waals surface area contributed by atoms with Gasteiger partial charge in [0.15, 0.2) is 0 Å². The highest BCUT2D eigenvalue weighted by Crippen LogP contribution is 2.34. The Morgan fingerprint density at radius 2 is 1.20 bits per heavy atom. The number of benzene rings is 5. The molecule has 2 aliphatic heterocycles. The topological polar surface area (TPSA) is 161 Å². The molecule has 2 heterocycles. The number of carbonyl (C=O) groups excluding carboxylic acids is 1. The maximum absolute atomic E-state index is 13.7. The lowest BCUT2D eigenvalue weighted by atomic mass is 10.00. The number of anilines is 5. The fourth-order valence-corrected chi connectivity index (χ4v) is 7.12. The third-order valence-electron chi connectivity index (χ3n) is 9.45. The molecule has 0 radical (unpaired) electrons. The van der Waals surface area contributed by atoms with Gasteiger partial charge in [-0.3, -0.25) is 4.79 Å². The van der Waals surface area contributed by atoms with E-state index in [0.717, 1.165) is 78.1 Å². The molecule has 2 saturated heterocycles. The monoisotopic (exact) mass is 670 g/mol. The molecule has 0 spiro atoms. The molecule has 4 atom stereocenters. The molecule has 10 N–H and O–H groups in total. The van der Waals surface area contributed by atoms with Crippen molar-refractivity contribution in [2.45, 2.75) is 43.6 Å². The van der Waals surface area contributed by atoms with Crippen molar-refractivity contribution in [2.75, 3.05) is 46.6 Å². The van der Waals surface area contributed by atoms with Crippen molar-refractivity contribution in [3.05, 3.63) is 120 Å². The van der Waals surface area contributed by atoms with E-state index in [0.29, 0.717) is 23.6 Å². The maximum atomic E-state index is 13.7. The van der Waals surface area contributed by atoms with Crippen molar-refractivity contribution in [3.63, 3.8) is 0 Å². The number of hydrogen-bond donors (Lipinski definition) is 6. The molecule has 2 fully saturated rings. The van der Waals surface area contributed by atoms with Gasteiger partial charge >= 0.3 is 0 Å². The van der Waals surface area contributed by atoms with Crippen LogP contribution in [0.5, 0.6) is 5.75 Å². The SMILES string of the molecule is N[C@@H]1C[C@H](N)CN(c2cc(Nc3ccc(NC(=O)c4ccc5ccccc5c4OCc4ccccc4)cc3)cc(N3C[C@@H](N)C[C@H](N)C3)c2)C1. The summed E-state index contributed by atoms with van der Waals surface area (Å²) < 4.78 is 6.31. The van der Waals surface area contributed by atoms with Crippen LogP contribution in [0.1, 0.15) is 28.8 Å². The molecule has 50 heavy (non-hydrogen) atoms. The number of carbonyl (C=O) groups is 1. The molecule has 0 unspecified atom stereocenters. The molecule has 258 valence electrons. The third-order valence-corrected chi connectivity index (χ3v) is 9.45. The van der Waals surface area contributed by atoms with E-state index in [4.69, 9.17) is 27.7 Å². The molecule has 0 bridgehead atoms. The lowest BCUT2D eigenvalue weighted by molar-refractivity contribution is 0.102. The van der Waals surface area contributed by atoms with E-state index < -0.39 is 0 Å². The summed E-state index contributed by atoms with van der Waals surface area (Å²) in [6, 6.07) is 35.8. The first kappa shape index (κ1) is 33.4. The molecule has 1 amide bonds. The van der Waals surface area contributed by atoms with Gasteiger partial charge in [0.25, 0.3) is 5.91 Å². The number of nitrogens with two attached hydrogens (primary N) is 4. The van der Waals surface area contributed by atoms with E-state index in [1.54, 1.807) is 0 Å². The highest BCUT2D eigenvalue weighted by atomic mass is 16.5. The molecule has 2 aliphatic rings. The van der Waals surface area contributed by atoms with Crippen molar-refractivity contribution < 1.29 is 9.53 Å². The van der Waals surface area contributed by atoms with Gasteiger partial charge in [0.2, 0.25) is 0 Å². The lowest BCUT2D eigenvalue weighted by Crippen LogP contribution is -2.53. The summed E-state index contributed by atoms with van der Waals surface area (Å²) in [5.41, 5.74) is 31.6. The van der Waals surface area contributed by atoms with Crippen LogP contribution in [0.2, 0.25) is 0 Å². The van der Waals surface area contributed by atoms with Gasteiger partial charge in [0.05, 0.1) is 5.56 Å². The largest absolute Gasteiger partial charge is 0.487 e. The van der Waals surface area contributed by atoms with Crippen molar-refractivity contribution in [1.29, 1.82) is 0 Å². The predicted octanol–water partition coefficient (Wildman–Crippen LogP) is 5.14. The van der Waals surface area contributed by atoms with Gasteiger partial charge in [0, 0.05) is 84.2 Å². The summed E-state index contributed by atoms with van der Waals surface area (Å²) in [5.74, 6) is 0.317. The highest BCUT2D eigenvalue weighted by Gasteiger charge is 2.26. The zero-order valence-electron chi connectivity index (χ0n) is 28.2. The minimum absolute atomic E-state index is 0.0134. The smallest absolute Gasteiger partial charge is 0.259 e. The molecule has 10 nitrogen and oxygen atoms in total. The Morgan fingerprint density at radius 1 is 0.640 bits per heavy atom. The van der Waals surface area contributed by atoms with E-state index in [2.05, 4.69) is 38.6 Å². The normalized spacial score (nSPS) is 20.8. The van der Waals surface area contributed by atoms with E-state index in [9.17, 15) is 4.79 Å². The second-order valence-corrected chi connectivity index (χ2v) is 13.7. The molecule has 5 aromatic rings. The summed E-state index contributed by atoms with van der Waals surface area (Å²) in [7, 11) is 0. The first-order valence-electron chi connectivity index (χ1n) is 17.3. The Morgan fingerprint density at radius 3 is 1.82 bits per heavy atom. The van der Waals surface area contributed by atoms with Crippen molar-refractivity contribution in [2.24, 2.45) is 22.9 Å². The highest BCUT2D eigenvalue weighted by molar-refractivity contribution is 6.10. The molecular weight excluding hydrogens is 624 g/mol. The molecule has 10 heteroatoms. The van der Waals surface area contributed by atoms with Crippen LogP contribution in [0, 0.1) is 0 Å². The van der Waals surface area contributed by atoms with E-state index >= 15 is 0 Å². The number of ether oxygens (including phenoxy) is 1. The fraction of sp³-hybridized carbons (Fsp3) is 0.275. The van der Waals surface area contributed by atoms with Gasteiger partial charge in [-0.05, 0) is 72.3 Å². The summed E-state index contributed by atoms with van der Waals surface area (Å²) in [4.78, 5) is 18.2. The minimum Gasteiger partial charge on any atom is -0.487 e. The van der Waals surface area contributed by atoms with E-state index in [1.807, 2.05) is 91.0 Å². The van der Waals surface area contributed by atoms with Crippen LogP contribution in [0.15, 0.2) is 109 Å². The average Bonchev–Trinajstić information content (AvgIpc) is 3.11. The molecule has 7 rings (SSSR count). The zero-order valence-corrected chi connectivity index (χ0v) is 28.2. The Bertz CT molecular complexity index is 1870. The van der Waals surface area contributed by atoms with E-state index in [1.165, 1.54) is 0 Å². The number of rotatable bonds is 9. The molecule has 0 saturated carbocycles. The molecular formula is C40H46N8O2. The predicted molar refractivity (Wildman–Crippen MR) is 204 cm³/mol. The van der Waals surface area contributed by atoms with Crippen LogP contribution in [0.4, 0.5) is 28.4 Å². The van der Waals surface area contributed by atoms with Crippen molar-refractivity contribution in [1.82, 2.24) is 0 Å². The number of hydrogen-bond acceptors (Lipinski definition) is 9. The Kier molecular flexibility index (Phi) is 9.86. The van der Waals surface area contributed by atoms with Gasteiger partial charge < -0.3 is 48.1 Å². The van der Waals surface area contributed by atoms with Crippen LogP contribution < -0.4 is 48.1 Å². The average molecular weight is 671 g/mol. The van der Waals surface area contributed by atoms with Crippen molar-refractivity contribution >= 4 is 45.1 Å². The third kappa shape index (κ3) is 7.85. The van der Waals surface area contributed by atoms with Crippen molar-refractivity contribution in [3.8, 4) is 5.75 Å². The fourth-order valence-electron chi connectivity index (χ4n) is 7.12. The van der Waals surface area contributed by atoms with Gasteiger partial charge in [-0.25, -0.2) is 0 Å².